The lowest BCUT2D eigenvalue weighted by Crippen LogP contribution is -2.53. The highest BCUT2D eigenvalue weighted by atomic mass is 127. The Hall–Kier alpha value is -0.570. The van der Waals surface area contributed by atoms with Crippen LogP contribution in [0.3, 0.4) is 0 Å². The first-order valence-electron chi connectivity index (χ1n) is 10.6. The van der Waals surface area contributed by atoms with Crippen LogP contribution in [0.4, 0.5) is 0 Å². The van der Waals surface area contributed by atoms with Crippen LogP contribution < -0.4 is 10.6 Å². The van der Waals surface area contributed by atoms with Crippen LogP contribution >= 0.6 is 24.0 Å². The fourth-order valence-electron chi connectivity index (χ4n) is 4.39. The molecule has 6 nitrogen and oxygen atoms in total. The van der Waals surface area contributed by atoms with Gasteiger partial charge in [-0.1, -0.05) is 26.2 Å². The minimum atomic E-state index is 0. The fraction of sp³-hybridized carbons (Fsp3) is 0.900. The molecule has 2 atom stereocenters. The van der Waals surface area contributed by atoms with E-state index >= 15 is 0 Å². The van der Waals surface area contributed by atoms with Gasteiger partial charge in [0.15, 0.2) is 5.96 Å². The number of halogens is 1. The van der Waals surface area contributed by atoms with Crippen LogP contribution in [0.1, 0.15) is 51.9 Å². The third-order valence-corrected chi connectivity index (χ3v) is 6.36. The van der Waals surface area contributed by atoms with Gasteiger partial charge in [0.2, 0.25) is 5.91 Å². The van der Waals surface area contributed by atoms with Crippen molar-refractivity contribution >= 4 is 35.8 Å². The summed E-state index contributed by atoms with van der Waals surface area (Å²) >= 11 is 0. The molecule has 3 fully saturated rings. The topological polar surface area (TPSA) is 60.0 Å². The lowest BCUT2D eigenvalue weighted by atomic mass is 9.84. The molecule has 1 heterocycles. The number of nitrogens with one attached hydrogen (secondary N) is 2. The maximum Gasteiger partial charge on any atom is 0.225 e. The Labute approximate surface area is 181 Å². The second-order valence-electron chi connectivity index (χ2n) is 8.41. The highest BCUT2D eigenvalue weighted by Crippen LogP contribution is 2.28. The molecule has 0 aromatic carbocycles. The zero-order valence-corrected chi connectivity index (χ0v) is 19.4. The predicted octanol–water partition coefficient (Wildman–Crippen LogP) is 2.29. The molecule has 2 saturated carbocycles. The number of carbonyl (C=O) groups is 1. The van der Waals surface area contributed by atoms with Gasteiger partial charge in [-0.05, 0) is 31.6 Å². The molecule has 7 heteroatoms. The van der Waals surface area contributed by atoms with Crippen LogP contribution in [0.25, 0.3) is 0 Å². The summed E-state index contributed by atoms with van der Waals surface area (Å²) in [4.78, 5) is 21.2. The van der Waals surface area contributed by atoms with E-state index in [0.29, 0.717) is 17.9 Å². The zero-order chi connectivity index (χ0) is 18.4. The van der Waals surface area contributed by atoms with E-state index in [4.69, 9.17) is 0 Å². The monoisotopic (exact) mass is 491 g/mol. The summed E-state index contributed by atoms with van der Waals surface area (Å²) in [6.07, 6.45) is 8.62. The maximum absolute atomic E-state index is 12.3. The first kappa shape index (κ1) is 22.7. The highest BCUT2D eigenvalue weighted by Gasteiger charge is 2.31. The minimum Gasteiger partial charge on any atom is -0.355 e. The van der Waals surface area contributed by atoms with Crippen LogP contribution in [-0.2, 0) is 4.79 Å². The molecule has 2 unspecified atom stereocenters. The van der Waals surface area contributed by atoms with Crippen LogP contribution in [-0.4, -0.2) is 74.0 Å². The SMILES string of the molecule is CN=C(NCCN1CCN(C(=O)C2CCC2)CC1)NC1CCCC(C)C1.I. The van der Waals surface area contributed by atoms with Crippen molar-refractivity contribution in [3.63, 3.8) is 0 Å². The van der Waals surface area contributed by atoms with Crippen molar-refractivity contribution < 1.29 is 4.79 Å². The molecule has 1 aliphatic heterocycles. The summed E-state index contributed by atoms with van der Waals surface area (Å²) < 4.78 is 0. The van der Waals surface area contributed by atoms with Crippen molar-refractivity contribution in [2.45, 2.75) is 57.9 Å². The normalized spacial score (nSPS) is 27.5. The lowest BCUT2D eigenvalue weighted by Gasteiger charge is -2.38. The quantitative estimate of drug-likeness (QED) is 0.352. The standard InChI is InChI=1S/C20H37N5O.HI/c1-16-5-3-8-18(15-16)23-20(21-2)22-9-10-24-11-13-25(14-12-24)19(26)17-6-4-7-17;/h16-18H,3-15H2,1-2H3,(H2,21,22,23);1H. The van der Waals surface area contributed by atoms with Gasteiger partial charge >= 0.3 is 0 Å². The number of rotatable bonds is 5. The maximum atomic E-state index is 12.3. The van der Waals surface area contributed by atoms with E-state index < -0.39 is 0 Å². The third kappa shape index (κ3) is 6.76. The van der Waals surface area contributed by atoms with Gasteiger partial charge in [-0.2, -0.15) is 0 Å². The summed E-state index contributed by atoms with van der Waals surface area (Å²) in [5, 5.41) is 7.05. The van der Waals surface area contributed by atoms with Gasteiger partial charge in [-0.15, -0.1) is 24.0 Å². The van der Waals surface area contributed by atoms with Crippen molar-refractivity contribution in [3.8, 4) is 0 Å². The van der Waals surface area contributed by atoms with Crippen molar-refractivity contribution in [1.82, 2.24) is 20.4 Å². The van der Waals surface area contributed by atoms with Gasteiger partial charge in [0, 0.05) is 58.3 Å². The number of guanidine groups is 1. The van der Waals surface area contributed by atoms with Crippen LogP contribution in [0.2, 0.25) is 0 Å². The fourth-order valence-corrected chi connectivity index (χ4v) is 4.39. The van der Waals surface area contributed by atoms with Crippen molar-refractivity contribution in [2.24, 2.45) is 16.8 Å². The van der Waals surface area contributed by atoms with E-state index in [9.17, 15) is 4.79 Å². The third-order valence-electron chi connectivity index (χ3n) is 6.36. The van der Waals surface area contributed by atoms with Gasteiger partial charge in [-0.25, -0.2) is 0 Å². The number of carbonyl (C=O) groups excluding carboxylic acids is 1. The summed E-state index contributed by atoms with van der Waals surface area (Å²) in [6, 6.07) is 0.561. The summed E-state index contributed by atoms with van der Waals surface area (Å²) in [5.41, 5.74) is 0. The zero-order valence-electron chi connectivity index (χ0n) is 17.1. The van der Waals surface area contributed by atoms with Gasteiger partial charge in [0.05, 0.1) is 0 Å². The number of nitrogens with zero attached hydrogens (tertiary/aromatic N) is 3. The molecule has 2 N–H and O–H groups in total. The molecule has 2 aliphatic carbocycles. The number of piperazine rings is 1. The molecule has 156 valence electrons. The first-order chi connectivity index (χ1) is 12.7. The molecule has 1 saturated heterocycles. The molecule has 0 aromatic rings. The molecular formula is C20H38IN5O. The summed E-state index contributed by atoms with van der Waals surface area (Å²) in [7, 11) is 1.85. The van der Waals surface area contributed by atoms with E-state index in [0.717, 1.165) is 64.0 Å². The Bertz CT molecular complexity index is 489. The average Bonchev–Trinajstić information content (AvgIpc) is 2.60. The Kier molecular flexibility index (Phi) is 9.62. The highest BCUT2D eigenvalue weighted by molar-refractivity contribution is 14.0. The largest absolute Gasteiger partial charge is 0.355 e. The molecule has 0 spiro atoms. The van der Waals surface area contributed by atoms with Crippen molar-refractivity contribution in [2.75, 3.05) is 46.3 Å². The first-order valence-corrected chi connectivity index (χ1v) is 10.6. The smallest absolute Gasteiger partial charge is 0.225 e. The molecule has 1 amide bonds. The van der Waals surface area contributed by atoms with Crippen LogP contribution in [0.5, 0.6) is 0 Å². The molecule has 0 radical (unpaired) electrons. The molecule has 3 rings (SSSR count). The summed E-state index contributed by atoms with van der Waals surface area (Å²) in [5.74, 6) is 2.49. The Morgan fingerprint density at radius 2 is 1.78 bits per heavy atom. The second-order valence-corrected chi connectivity index (χ2v) is 8.41. The van der Waals surface area contributed by atoms with Crippen molar-refractivity contribution in [3.05, 3.63) is 0 Å². The second kappa shape index (κ2) is 11.4. The molecular weight excluding hydrogens is 453 g/mol. The number of hydrogen-bond acceptors (Lipinski definition) is 3. The molecule has 0 bridgehead atoms. The lowest BCUT2D eigenvalue weighted by molar-refractivity contribution is -0.139. The van der Waals surface area contributed by atoms with Gasteiger partial charge in [0.25, 0.3) is 0 Å². The van der Waals surface area contributed by atoms with E-state index in [1.165, 1.54) is 32.1 Å². The minimum absolute atomic E-state index is 0. The van der Waals surface area contributed by atoms with E-state index in [-0.39, 0.29) is 24.0 Å². The predicted molar refractivity (Wildman–Crippen MR) is 122 cm³/mol. The van der Waals surface area contributed by atoms with E-state index in [1.807, 2.05) is 7.05 Å². The van der Waals surface area contributed by atoms with Crippen molar-refractivity contribution in [1.29, 1.82) is 0 Å². The molecule has 3 aliphatic rings. The number of hydrogen-bond donors (Lipinski definition) is 2. The number of aliphatic imine (C=N–C) groups is 1. The average molecular weight is 491 g/mol. The summed E-state index contributed by atoms with van der Waals surface area (Å²) in [6.45, 7) is 8.02. The van der Waals surface area contributed by atoms with Gasteiger partial charge < -0.3 is 15.5 Å². The van der Waals surface area contributed by atoms with Gasteiger partial charge in [0.1, 0.15) is 0 Å². The molecule has 0 aromatic heterocycles. The van der Waals surface area contributed by atoms with Gasteiger partial charge in [-0.3, -0.25) is 14.7 Å². The van der Waals surface area contributed by atoms with Crippen LogP contribution in [0.15, 0.2) is 4.99 Å². The Morgan fingerprint density at radius 1 is 1.07 bits per heavy atom. The van der Waals surface area contributed by atoms with E-state index in [1.54, 1.807) is 0 Å². The Morgan fingerprint density at radius 3 is 2.37 bits per heavy atom. The van der Waals surface area contributed by atoms with Crippen LogP contribution in [0, 0.1) is 11.8 Å². The number of amides is 1. The van der Waals surface area contributed by atoms with E-state index in [2.05, 4.69) is 32.3 Å². The molecule has 27 heavy (non-hydrogen) atoms. The Balaban J connectivity index is 0.00000261.